The maximum atomic E-state index is 5.63. The molecule has 3 heteroatoms. The Morgan fingerprint density at radius 3 is 2.31 bits per heavy atom. The van der Waals surface area contributed by atoms with E-state index in [4.69, 9.17) is 5.84 Å². The Hall–Kier alpha value is -0.510. The molecule has 0 amide bonds. The van der Waals surface area contributed by atoms with E-state index in [1.165, 1.54) is 17.7 Å². The van der Waals surface area contributed by atoms with Crippen LogP contribution < -0.4 is 11.3 Å². The van der Waals surface area contributed by atoms with Crippen LogP contribution in [0.3, 0.4) is 0 Å². The minimum Gasteiger partial charge on any atom is -0.271 e. The highest BCUT2D eigenvalue weighted by Crippen LogP contribution is 2.22. The zero-order valence-corrected chi connectivity index (χ0v) is 11.0. The lowest BCUT2D eigenvalue weighted by Crippen LogP contribution is -2.42. The summed E-state index contributed by atoms with van der Waals surface area (Å²) in [4.78, 5) is 1.31. The Morgan fingerprint density at radius 2 is 1.81 bits per heavy atom. The van der Waals surface area contributed by atoms with Gasteiger partial charge in [0.1, 0.15) is 0 Å². The first kappa shape index (κ1) is 13.6. The quantitative estimate of drug-likeness (QED) is 0.435. The van der Waals surface area contributed by atoms with Crippen molar-refractivity contribution in [2.45, 2.75) is 37.6 Å². The first-order valence-electron chi connectivity index (χ1n) is 5.95. The fourth-order valence-corrected chi connectivity index (χ4v) is 2.97. The van der Waals surface area contributed by atoms with E-state index in [9.17, 15) is 0 Å². The molecule has 1 unspecified atom stereocenters. The molecule has 0 aliphatic carbocycles. The van der Waals surface area contributed by atoms with Gasteiger partial charge in [0.15, 0.2) is 0 Å². The van der Waals surface area contributed by atoms with Crippen molar-refractivity contribution < 1.29 is 0 Å². The van der Waals surface area contributed by atoms with Crippen LogP contribution in [-0.2, 0) is 0 Å². The van der Waals surface area contributed by atoms with E-state index < -0.39 is 0 Å². The van der Waals surface area contributed by atoms with Crippen LogP contribution in [0.2, 0.25) is 0 Å². The fourth-order valence-electron chi connectivity index (χ4n) is 1.88. The molecule has 0 spiro atoms. The normalized spacial score (nSPS) is 13.0. The number of hydrogen-bond acceptors (Lipinski definition) is 3. The van der Waals surface area contributed by atoms with Gasteiger partial charge in [-0.1, -0.05) is 44.9 Å². The molecule has 0 aromatic heterocycles. The van der Waals surface area contributed by atoms with Gasteiger partial charge in [-0.05, 0) is 18.1 Å². The minimum absolute atomic E-state index is 0.403. The predicted molar refractivity (Wildman–Crippen MR) is 72.3 cm³/mol. The van der Waals surface area contributed by atoms with E-state index in [2.05, 4.69) is 43.5 Å². The summed E-state index contributed by atoms with van der Waals surface area (Å²) in [5.41, 5.74) is 2.95. The Bertz CT molecular complexity index is 273. The maximum absolute atomic E-state index is 5.63. The number of nitrogens with one attached hydrogen (secondary N) is 1. The summed E-state index contributed by atoms with van der Waals surface area (Å²) < 4.78 is 0. The van der Waals surface area contributed by atoms with E-state index in [1.807, 2.05) is 17.8 Å². The van der Waals surface area contributed by atoms with Crippen molar-refractivity contribution in [3.05, 3.63) is 30.3 Å². The molecule has 16 heavy (non-hydrogen) atoms. The maximum Gasteiger partial charge on any atom is 0.0332 e. The first-order valence-corrected chi connectivity index (χ1v) is 6.94. The molecule has 1 aromatic rings. The summed E-state index contributed by atoms with van der Waals surface area (Å²) in [5, 5.41) is 0. The topological polar surface area (TPSA) is 38.0 Å². The molecule has 1 aromatic carbocycles. The molecular formula is C13H22N2S. The van der Waals surface area contributed by atoms with E-state index >= 15 is 0 Å². The number of nitrogens with two attached hydrogens (primary N) is 1. The smallest absolute Gasteiger partial charge is 0.0332 e. The average Bonchev–Trinajstić information content (AvgIpc) is 2.35. The van der Waals surface area contributed by atoms with Crippen LogP contribution in [0.4, 0.5) is 0 Å². The zero-order valence-electron chi connectivity index (χ0n) is 10.1. The lowest BCUT2D eigenvalue weighted by Gasteiger charge is -2.24. The second kappa shape index (κ2) is 7.71. The van der Waals surface area contributed by atoms with Gasteiger partial charge in [0.25, 0.3) is 0 Å². The van der Waals surface area contributed by atoms with E-state index in [1.54, 1.807) is 0 Å². The van der Waals surface area contributed by atoms with E-state index in [0.29, 0.717) is 12.0 Å². The molecule has 0 fully saturated rings. The Kier molecular flexibility index (Phi) is 6.53. The van der Waals surface area contributed by atoms with Gasteiger partial charge in [-0.25, -0.2) is 0 Å². The highest BCUT2D eigenvalue weighted by Gasteiger charge is 2.16. The third kappa shape index (κ3) is 4.16. The first-order chi connectivity index (χ1) is 7.81. The van der Waals surface area contributed by atoms with Crippen molar-refractivity contribution in [2.75, 3.05) is 5.75 Å². The summed E-state index contributed by atoms with van der Waals surface area (Å²) in [6, 6.07) is 10.9. The van der Waals surface area contributed by atoms with Crippen molar-refractivity contribution in [1.82, 2.24) is 5.43 Å². The van der Waals surface area contributed by atoms with Crippen LogP contribution in [0.15, 0.2) is 35.2 Å². The largest absolute Gasteiger partial charge is 0.271 e. The molecule has 0 radical (unpaired) electrons. The minimum atomic E-state index is 0.403. The molecule has 2 nitrogen and oxygen atoms in total. The summed E-state index contributed by atoms with van der Waals surface area (Å²) in [7, 11) is 0. The molecule has 0 saturated heterocycles. The molecule has 0 saturated carbocycles. The van der Waals surface area contributed by atoms with Gasteiger partial charge >= 0.3 is 0 Å². The van der Waals surface area contributed by atoms with Gasteiger partial charge in [-0.3, -0.25) is 11.3 Å². The Balaban J connectivity index is 2.45. The van der Waals surface area contributed by atoms with Gasteiger partial charge in [0.05, 0.1) is 0 Å². The fraction of sp³-hybridized carbons (Fsp3) is 0.538. The Labute approximate surface area is 103 Å². The summed E-state index contributed by atoms with van der Waals surface area (Å²) in [6.07, 6.45) is 2.36. The molecule has 0 aliphatic heterocycles. The molecule has 1 atom stereocenters. The molecule has 1 rings (SSSR count). The number of rotatable bonds is 7. The van der Waals surface area contributed by atoms with Gasteiger partial charge in [-0.15, -0.1) is 11.8 Å². The highest BCUT2D eigenvalue weighted by atomic mass is 32.2. The molecular weight excluding hydrogens is 216 g/mol. The van der Waals surface area contributed by atoms with Crippen molar-refractivity contribution in [2.24, 2.45) is 11.8 Å². The lowest BCUT2D eigenvalue weighted by atomic mass is 9.96. The van der Waals surface area contributed by atoms with E-state index in [0.717, 1.165) is 5.75 Å². The van der Waals surface area contributed by atoms with E-state index in [-0.39, 0.29) is 0 Å². The molecule has 0 bridgehead atoms. The summed E-state index contributed by atoms with van der Waals surface area (Å²) in [6.45, 7) is 4.46. The van der Waals surface area contributed by atoms with Gasteiger partial charge in [-0.2, -0.15) is 0 Å². The van der Waals surface area contributed by atoms with Crippen molar-refractivity contribution in [3.63, 3.8) is 0 Å². The second-order valence-corrected chi connectivity index (χ2v) is 5.07. The van der Waals surface area contributed by atoms with Crippen molar-refractivity contribution in [1.29, 1.82) is 0 Å². The molecule has 90 valence electrons. The molecule has 3 N–H and O–H groups in total. The molecule has 0 heterocycles. The number of hydrazine groups is 1. The van der Waals surface area contributed by atoms with Crippen LogP contribution in [0.5, 0.6) is 0 Å². The zero-order chi connectivity index (χ0) is 11.8. The SMILES string of the molecule is CCC(CC)C(CSc1ccccc1)NN. The van der Waals surface area contributed by atoms with Crippen LogP contribution in [0.1, 0.15) is 26.7 Å². The van der Waals surface area contributed by atoms with Gasteiger partial charge in [0, 0.05) is 16.7 Å². The van der Waals surface area contributed by atoms with Crippen LogP contribution in [0, 0.1) is 5.92 Å². The summed E-state index contributed by atoms with van der Waals surface area (Å²) in [5.74, 6) is 7.33. The second-order valence-electron chi connectivity index (χ2n) is 3.97. The standard InChI is InChI=1S/C13H22N2S/c1-3-11(4-2)13(15-14)10-16-12-8-6-5-7-9-12/h5-9,11,13,15H,3-4,10,14H2,1-2H3. The molecule has 0 aliphatic rings. The van der Waals surface area contributed by atoms with Crippen molar-refractivity contribution in [3.8, 4) is 0 Å². The third-order valence-corrected chi connectivity index (χ3v) is 4.14. The van der Waals surface area contributed by atoms with Crippen LogP contribution >= 0.6 is 11.8 Å². The van der Waals surface area contributed by atoms with Gasteiger partial charge < -0.3 is 0 Å². The van der Waals surface area contributed by atoms with Crippen LogP contribution in [0.25, 0.3) is 0 Å². The van der Waals surface area contributed by atoms with Crippen molar-refractivity contribution >= 4 is 11.8 Å². The monoisotopic (exact) mass is 238 g/mol. The number of hydrogen-bond donors (Lipinski definition) is 2. The predicted octanol–water partition coefficient (Wildman–Crippen LogP) is 3.05. The highest BCUT2D eigenvalue weighted by molar-refractivity contribution is 7.99. The number of thioether (sulfide) groups is 1. The average molecular weight is 238 g/mol. The van der Waals surface area contributed by atoms with Crippen LogP contribution in [-0.4, -0.2) is 11.8 Å². The summed E-state index contributed by atoms with van der Waals surface area (Å²) >= 11 is 1.87. The number of benzene rings is 1. The Morgan fingerprint density at radius 1 is 1.19 bits per heavy atom. The third-order valence-electron chi connectivity index (χ3n) is 3.00. The van der Waals surface area contributed by atoms with Gasteiger partial charge in [0.2, 0.25) is 0 Å². The lowest BCUT2D eigenvalue weighted by molar-refractivity contribution is 0.364.